The molecule has 0 aliphatic heterocycles. The highest BCUT2D eigenvalue weighted by Gasteiger charge is 2.11. The SMILES string of the molecule is OC(CCl)c1ccccc1-c1ccccc1. The molecule has 0 aromatic heterocycles. The van der Waals surface area contributed by atoms with Crippen LogP contribution in [0.2, 0.25) is 0 Å². The van der Waals surface area contributed by atoms with Crippen molar-refractivity contribution in [2.75, 3.05) is 5.88 Å². The number of hydrogen-bond acceptors (Lipinski definition) is 1. The van der Waals surface area contributed by atoms with Crippen molar-refractivity contribution >= 4 is 11.6 Å². The van der Waals surface area contributed by atoms with Crippen molar-refractivity contribution in [1.82, 2.24) is 0 Å². The van der Waals surface area contributed by atoms with E-state index in [9.17, 15) is 5.11 Å². The summed E-state index contributed by atoms with van der Waals surface area (Å²) in [5, 5.41) is 9.84. The molecule has 1 N–H and O–H groups in total. The van der Waals surface area contributed by atoms with E-state index >= 15 is 0 Å². The van der Waals surface area contributed by atoms with E-state index in [0.717, 1.165) is 16.7 Å². The van der Waals surface area contributed by atoms with Gasteiger partial charge in [-0.1, -0.05) is 54.6 Å². The standard InChI is InChI=1S/C14H13ClO/c15-10-14(16)13-9-5-4-8-12(13)11-6-2-1-3-7-11/h1-9,14,16H,10H2. The van der Waals surface area contributed by atoms with Crippen molar-refractivity contribution in [2.45, 2.75) is 6.10 Å². The Morgan fingerprint density at radius 2 is 1.56 bits per heavy atom. The van der Waals surface area contributed by atoms with Crippen LogP contribution in [0.3, 0.4) is 0 Å². The third-order valence-corrected chi connectivity index (χ3v) is 2.84. The van der Waals surface area contributed by atoms with E-state index in [-0.39, 0.29) is 5.88 Å². The van der Waals surface area contributed by atoms with Crippen LogP contribution in [0.25, 0.3) is 11.1 Å². The Kier molecular flexibility index (Phi) is 3.60. The summed E-state index contributed by atoms with van der Waals surface area (Å²) in [4.78, 5) is 0. The minimum Gasteiger partial charge on any atom is -0.387 e. The summed E-state index contributed by atoms with van der Waals surface area (Å²) in [6, 6.07) is 17.8. The zero-order valence-corrected chi connectivity index (χ0v) is 9.56. The molecule has 1 unspecified atom stereocenters. The monoisotopic (exact) mass is 232 g/mol. The largest absolute Gasteiger partial charge is 0.387 e. The van der Waals surface area contributed by atoms with Gasteiger partial charge in [0.1, 0.15) is 0 Å². The number of aliphatic hydroxyl groups excluding tert-OH is 1. The fourth-order valence-electron chi connectivity index (χ4n) is 1.75. The van der Waals surface area contributed by atoms with Gasteiger partial charge in [-0.2, -0.15) is 0 Å². The Hall–Kier alpha value is -1.31. The molecule has 0 bridgehead atoms. The van der Waals surface area contributed by atoms with Gasteiger partial charge in [-0.05, 0) is 16.7 Å². The lowest BCUT2D eigenvalue weighted by atomic mass is 9.97. The molecule has 0 aliphatic rings. The van der Waals surface area contributed by atoms with Crippen molar-refractivity contribution in [3.63, 3.8) is 0 Å². The van der Waals surface area contributed by atoms with E-state index in [1.807, 2.05) is 54.6 Å². The number of aliphatic hydroxyl groups is 1. The first kappa shape index (κ1) is 11.2. The lowest BCUT2D eigenvalue weighted by Gasteiger charge is -2.13. The van der Waals surface area contributed by atoms with E-state index in [4.69, 9.17) is 11.6 Å². The van der Waals surface area contributed by atoms with Gasteiger partial charge in [-0.25, -0.2) is 0 Å². The van der Waals surface area contributed by atoms with Crippen LogP contribution in [0.5, 0.6) is 0 Å². The average Bonchev–Trinajstić information content (AvgIpc) is 2.39. The fraction of sp³-hybridized carbons (Fsp3) is 0.143. The van der Waals surface area contributed by atoms with E-state index in [1.165, 1.54) is 0 Å². The van der Waals surface area contributed by atoms with Crippen LogP contribution in [0.15, 0.2) is 54.6 Å². The Morgan fingerprint density at radius 3 is 2.25 bits per heavy atom. The maximum atomic E-state index is 9.84. The van der Waals surface area contributed by atoms with E-state index in [2.05, 4.69) is 0 Å². The van der Waals surface area contributed by atoms with Gasteiger partial charge in [0.2, 0.25) is 0 Å². The number of benzene rings is 2. The molecule has 16 heavy (non-hydrogen) atoms. The van der Waals surface area contributed by atoms with Crippen molar-refractivity contribution < 1.29 is 5.11 Å². The number of halogens is 1. The first-order valence-corrected chi connectivity index (χ1v) is 5.74. The van der Waals surface area contributed by atoms with Crippen molar-refractivity contribution in [3.8, 4) is 11.1 Å². The molecule has 2 aromatic carbocycles. The number of alkyl halides is 1. The fourth-order valence-corrected chi connectivity index (χ4v) is 1.92. The zero-order chi connectivity index (χ0) is 11.4. The van der Waals surface area contributed by atoms with Gasteiger partial charge in [0.15, 0.2) is 0 Å². The molecule has 0 heterocycles. The van der Waals surface area contributed by atoms with Crippen molar-refractivity contribution in [3.05, 3.63) is 60.2 Å². The van der Waals surface area contributed by atoms with Gasteiger partial charge in [-0.15, -0.1) is 11.6 Å². The van der Waals surface area contributed by atoms with Gasteiger partial charge < -0.3 is 5.11 Å². The van der Waals surface area contributed by atoms with Crippen LogP contribution in [0.1, 0.15) is 11.7 Å². The van der Waals surface area contributed by atoms with Crippen molar-refractivity contribution in [1.29, 1.82) is 0 Å². The molecule has 82 valence electrons. The minimum absolute atomic E-state index is 0.212. The summed E-state index contributed by atoms with van der Waals surface area (Å²) >= 11 is 5.70. The summed E-state index contributed by atoms with van der Waals surface area (Å²) in [6.07, 6.45) is -0.613. The quantitative estimate of drug-likeness (QED) is 0.802. The Morgan fingerprint density at radius 1 is 0.938 bits per heavy atom. The van der Waals surface area contributed by atoms with Crippen LogP contribution in [-0.2, 0) is 0 Å². The van der Waals surface area contributed by atoms with E-state index < -0.39 is 6.10 Å². The van der Waals surface area contributed by atoms with Gasteiger partial charge in [-0.3, -0.25) is 0 Å². The molecule has 0 aliphatic carbocycles. The first-order valence-electron chi connectivity index (χ1n) is 5.21. The summed E-state index contributed by atoms with van der Waals surface area (Å²) in [7, 11) is 0. The predicted molar refractivity (Wildman–Crippen MR) is 67.6 cm³/mol. The molecule has 1 atom stereocenters. The van der Waals surface area contributed by atoms with Crippen LogP contribution in [-0.4, -0.2) is 11.0 Å². The normalized spacial score (nSPS) is 12.4. The molecule has 1 nitrogen and oxygen atoms in total. The van der Waals surface area contributed by atoms with Crippen LogP contribution < -0.4 is 0 Å². The predicted octanol–water partition coefficient (Wildman–Crippen LogP) is 3.63. The molecule has 2 aromatic rings. The molecule has 0 saturated carbocycles. The Balaban J connectivity index is 2.49. The molecule has 2 rings (SSSR count). The number of hydrogen-bond donors (Lipinski definition) is 1. The lowest BCUT2D eigenvalue weighted by Crippen LogP contribution is -2.00. The summed E-state index contributed by atoms with van der Waals surface area (Å²) in [6.45, 7) is 0. The lowest BCUT2D eigenvalue weighted by molar-refractivity contribution is 0.203. The summed E-state index contributed by atoms with van der Waals surface area (Å²) < 4.78 is 0. The molecule has 0 saturated heterocycles. The minimum atomic E-state index is -0.613. The topological polar surface area (TPSA) is 20.2 Å². The number of rotatable bonds is 3. The van der Waals surface area contributed by atoms with Crippen LogP contribution in [0, 0.1) is 0 Å². The summed E-state index contributed by atoms with van der Waals surface area (Å²) in [5.74, 6) is 0.212. The van der Waals surface area contributed by atoms with Crippen molar-refractivity contribution in [2.24, 2.45) is 0 Å². The second kappa shape index (κ2) is 5.15. The molecule has 0 fully saturated rings. The summed E-state index contributed by atoms with van der Waals surface area (Å²) in [5.41, 5.74) is 3.02. The molecule has 0 amide bonds. The van der Waals surface area contributed by atoms with E-state index in [1.54, 1.807) is 0 Å². The smallest absolute Gasteiger partial charge is 0.0931 e. The second-order valence-electron chi connectivity index (χ2n) is 3.62. The first-order chi connectivity index (χ1) is 7.83. The molecule has 0 spiro atoms. The maximum absolute atomic E-state index is 9.84. The zero-order valence-electron chi connectivity index (χ0n) is 8.81. The Bertz CT molecular complexity index is 453. The highest BCUT2D eigenvalue weighted by Crippen LogP contribution is 2.28. The molecule has 2 heteroatoms. The third-order valence-electron chi connectivity index (χ3n) is 2.55. The van der Waals surface area contributed by atoms with E-state index in [0.29, 0.717) is 0 Å². The highest BCUT2D eigenvalue weighted by atomic mass is 35.5. The Labute approximate surface area is 100 Å². The molecule has 0 radical (unpaired) electrons. The van der Waals surface area contributed by atoms with Gasteiger partial charge in [0.05, 0.1) is 12.0 Å². The second-order valence-corrected chi connectivity index (χ2v) is 3.93. The van der Waals surface area contributed by atoms with Crippen LogP contribution >= 0.6 is 11.6 Å². The highest BCUT2D eigenvalue weighted by molar-refractivity contribution is 6.18. The van der Waals surface area contributed by atoms with Gasteiger partial charge in [0.25, 0.3) is 0 Å². The van der Waals surface area contributed by atoms with Crippen LogP contribution in [0.4, 0.5) is 0 Å². The third kappa shape index (κ3) is 2.26. The molecular weight excluding hydrogens is 220 g/mol. The maximum Gasteiger partial charge on any atom is 0.0931 e. The van der Waals surface area contributed by atoms with Gasteiger partial charge >= 0.3 is 0 Å². The molecular formula is C14H13ClO. The van der Waals surface area contributed by atoms with Gasteiger partial charge in [0, 0.05) is 0 Å². The average molecular weight is 233 g/mol.